The lowest BCUT2D eigenvalue weighted by molar-refractivity contribution is 0.0986. The summed E-state index contributed by atoms with van der Waals surface area (Å²) in [6.45, 7) is 6.51. The van der Waals surface area contributed by atoms with Gasteiger partial charge in [-0.15, -0.1) is 0 Å². The van der Waals surface area contributed by atoms with Gasteiger partial charge in [-0.05, 0) is 82.4 Å². The number of hydrogen-bond donors (Lipinski definition) is 0. The second kappa shape index (κ2) is 11.3. The average molecular weight is 440 g/mol. The van der Waals surface area contributed by atoms with E-state index >= 15 is 0 Å². The monoisotopic (exact) mass is 439 g/mol. The fraction of sp³-hybridized carbons (Fsp3) is 0.440. The molecule has 0 aliphatic heterocycles. The van der Waals surface area contributed by atoms with Crippen LogP contribution in [0.4, 0.5) is 5.13 Å². The number of fused-ring (bicyclic) bond motifs is 1. The van der Waals surface area contributed by atoms with E-state index in [0.717, 1.165) is 40.5 Å². The van der Waals surface area contributed by atoms with Crippen LogP contribution in [-0.4, -0.2) is 49.6 Å². The first-order valence-corrected chi connectivity index (χ1v) is 11.9. The number of anilines is 1. The molecule has 31 heavy (non-hydrogen) atoms. The van der Waals surface area contributed by atoms with Gasteiger partial charge in [0.1, 0.15) is 5.75 Å². The van der Waals surface area contributed by atoms with E-state index in [-0.39, 0.29) is 5.91 Å². The number of benzene rings is 2. The van der Waals surface area contributed by atoms with Crippen molar-refractivity contribution in [1.29, 1.82) is 0 Å². The van der Waals surface area contributed by atoms with E-state index < -0.39 is 0 Å². The fourth-order valence-electron chi connectivity index (χ4n) is 3.36. The van der Waals surface area contributed by atoms with Crippen molar-refractivity contribution in [1.82, 2.24) is 9.88 Å². The number of carbonyl (C=O) groups excluding carboxylic acids is 1. The number of nitrogens with zero attached hydrogens (tertiary/aromatic N) is 3. The van der Waals surface area contributed by atoms with E-state index in [1.807, 2.05) is 49.3 Å². The molecule has 2 aromatic carbocycles. The van der Waals surface area contributed by atoms with Gasteiger partial charge >= 0.3 is 0 Å². The van der Waals surface area contributed by atoms with Crippen LogP contribution < -0.4 is 9.64 Å². The number of hydrogen-bond acceptors (Lipinski definition) is 5. The molecule has 0 bridgehead atoms. The van der Waals surface area contributed by atoms with Gasteiger partial charge in [0.15, 0.2) is 5.13 Å². The van der Waals surface area contributed by atoms with E-state index in [2.05, 4.69) is 30.9 Å². The normalized spacial score (nSPS) is 11.3. The number of aromatic nitrogens is 1. The second-order valence-electron chi connectivity index (χ2n) is 8.16. The number of carbonyl (C=O) groups is 1. The molecule has 0 fully saturated rings. The maximum Gasteiger partial charge on any atom is 0.260 e. The molecule has 6 heteroatoms. The molecule has 1 heterocycles. The summed E-state index contributed by atoms with van der Waals surface area (Å²) in [7, 11) is 4.09. The number of unbranched alkanes of at least 4 members (excludes halogenated alkanes) is 2. The third-order valence-corrected chi connectivity index (χ3v) is 6.15. The number of amides is 1. The van der Waals surface area contributed by atoms with Crippen molar-refractivity contribution < 1.29 is 9.53 Å². The van der Waals surface area contributed by atoms with Crippen LogP contribution in [0.15, 0.2) is 42.5 Å². The Bertz CT molecular complexity index is 982. The molecule has 0 aliphatic carbocycles. The van der Waals surface area contributed by atoms with E-state index in [9.17, 15) is 4.79 Å². The lowest BCUT2D eigenvalue weighted by Crippen LogP contribution is -2.33. The SMILES string of the molecule is CCCCCOc1ccc(C(=O)N(CCCN(C)C)c2nc3ccc(C)cc3s2)cc1. The fourth-order valence-corrected chi connectivity index (χ4v) is 4.44. The van der Waals surface area contributed by atoms with Crippen molar-refractivity contribution in [3.05, 3.63) is 53.6 Å². The summed E-state index contributed by atoms with van der Waals surface area (Å²) in [5.74, 6) is 0.786. The predicted molar refractivity (Wildman–Crippen MR) is 131 cm³/mol. The van der Waals surface area contributed by atoms with Crippen molar-refractivity contribution in [3.8, 4) is 5.75 Å². The summed E-state index contributed by atoms with van der Waals surface area (Å²) in [6.07, 6.45) is 4.27. The second-order valence-corrected chi connectivity index (χ2v) is 9.17. The Kier molecular flexibility index (Phi) is 8.43. The molecule has 0 N–H and O–H groups in total. The van der Waals surface area contributed by atoms with Gasteiger partial charge < -0.3 is 9.64 Å². The summed E-state index contributed by atoms with van der Waals surface area (Å²) < 4.78 is 6.90. The smallest absolute Gasteiger partial charge is 0.260 e. The number of rotatable bonds is 11. The van der Waals surface area contributed by atoms with Crippen LogP contribution in [0.25, 0.3) is 10.2 Å². The summed E-state index contributed by atoms with van der Waals surface area (Å²) in [5.41, 5.74) is 2.79. The first-order valence-electron chi connectivity index (χ1n) is 11.0. The van der Waals surface area contributed by atoms with Crippen LogP contribution in [0.2, 0.25) is 0 Å². The van der Waals surface area contributed by atoms with Crippen molar-refractivity contribution in [2.24, 2.45) is 0 Å². The van der Waals surface area contributed by atoms with E-state index in [1.165, 1.54) is 18.4 Å². The molecule has 0 aliphatic rings. The molecular formula is C25H33N3O2S. The molecule has 0 radical (unpaired) electrons. The van der Waals surface area contributed by atoms with Gasteiger partial charge in [-0.1, -0.05) is 37.2 Å². The Morgan fingerprint density at radius 2 is 1.81 bits per heavy atom. The zero-order valence-corrected chi connectivity index (χ0v) is 19.9. The molecule has 0 unspecified atom stereocenters. The maximum absolute atomic E-state index is 13.4. The quantitative estimate of drug-likeness (QED) is 0.356. The highest BCUT2D eigenvalue weighted by Crippen LogP contribution is 2.30. The molecule has 166 valence electrons. The number of thiazole rings is 1. The summed E-state index contributed by atoms with van der Waals surface area (Å²) in [5, 5.41) is 0.754. The Morgan fingerprint density at radius 3 is 2.52 bits per heavy atom. The topological polar surface area (TPSA) is 45.7 Å². The lowest BCUT2D eigenvalue weighted by Gasteiger charge is -2.21. The van der Waals surface area contributed by atoms with E-state index in [4.69, 9.17) is 9.72 Å². The van der Waals surface area contributed by atoms with Crippen LogP contribution in [0.1, 0.15) is 48.5 Å². The Balaban J connectivity index is 1.78. The summed E-state index contributed by atoms with van der Waals surface area (Å²) in [4.78, 5) is 22.1. The van der Waals surface area contributed by atoms with E-state index in [1.54, 1.807) is 11.3 Å². The third kappa shape index (κ3) is 6.52. The molecule has 0 atom stereocenters. The van der Waals surface area contributed by atoms with Gasteiger partial charge in [0, 0.05) is 12.1 Å². The zero-order valence-electron chi connectivity index (χ0n) is 19.1. The molecule has 0 saturated heterocycles. The van der Waals surface area contributed by atoms with Crippen molar-refractivity contribution in [3.63, 3.8) is 0 Å². The van der Waals surface area contributed by atoms with Crippen LogP contribution in [0, 0.1) is 6.92 Å². The predicted octanol–water partition coefficient (Wildman–Crippen LogP) is 5.77. The van der Waals surface area contributed by atoms with Crippen molar-refractivity contribution >= 4 is 32.6 Å². The molecular weight excluding hydrogens is 406 g/mol. The first-order chi connectivity index (χ1) is 15.0. The Hall–Kier alpha value is -2.44. The molecule has 3 rings (SSSR count). The van der Waals surface area contributed by atoms with Crippen LogP contribution in [0.5, 0.6) is 5.75 Å². The summed E-state index contributed by atoms with van der Waals surface area (Å²) >= 11 is 1.58. The molecule has 1 amide bonds. The van der Waals surface area contributed by atoms with Gasteiger partial charge in [-0.25, -0.2) is 4.98 Å². The van der Waals surface area contributed by atoms with Crippen molar-refractivity contribution in [2.75, 3.05) is 38.7 Å². The highest BCUT2D eigenvalue weighted by molar-refractivity contribution is 7.22. The van der Waals surface area contributed by atoms with Gasteiger partial charge in [0.25, 0.3) is 5.91 Å². The Labute approximate surface area is 189 Å². The van der Waals surface area contributed by atoms with Gasteiger partial charge in [0.2, 0.25) is 0 Å². The standard InChI is InChI=1S/C25H33N3O2S/c1-5-6-7-17-30-21-12-10-20(11-13-21)24(29)28(16-8-15-27(3)4)25-26-22-14-9-19(2)18-23(22)31-25/h9-14,18H,5-8,15-17H2,1-4H3. The maximum atomic E-state index is 13.4. The largest absolute Gasteiger partial charge is 0.494 e. The number of aryl methyl sites for hydroxylation is 1. The van der Waals surface area contributed by atoms with E-state index in [0.29, 0.717) is 18.7 Å². The molecule has 0 saturated carbocycles. The van der Waals surface area contributed by atoms with Crippen LogP contribution in [-0.2, 0) is 0 Å². The van der Waals surface area contributed by atoms with Crippen LogP contribution >= 0.6 is 11.3 Å². The number of ether oxygens (including phenoxy) is 1. The van der Waals surface area contributed by atoms with Gasteiger partial charge in [-0.3, -0.25) is 9.69 Å². The highest BCUT2D eigenvalue weighted by Gasteiger charge is 2.21. The minimum absolute atomic E-state index is 0.0212. The molecule has 0 spiro atoms. The third-order valence-electron chi connectivity index (χ3n) is 5.11. The molecule has 3 aromatic rings. The summed E-state index contributed by atoms with van der Waals surface area (Å²) in [6, 6.07) is 13.7. The Morgan fingerprint density at radius 1 is 1.03 bits per heavy atom. The highest BCUT2D eigenvalue weighted by atomic mass is 32.1. The average Bonchev–Trinajstić information content (AvgIpc) is 3.17. The minimum atomic E-state index is -0.0212. The lowest BCUT2D eigenvalue weighted by atomic mass is 10.2. The van der Waals surface area contributed by atoms with Gasteiger partial charge in [-0.2, -0.15) is 0 Å². The zero-order chi connectivity index (χ0) is 22.2. The minimum Gasteiger partial charge on any atom is -0.494 e. The first kappa shape index (κ1) is 23.2. The van der Waals surface area contributed by atoms with Gasteiger partial charge in [0.05, 0.1) is 16.8 Å². The van der Waals surface area contributed by atoms with Crippen molar-refractivity contribution in [2.45, 2.75) is 39.5 Å². The molecule has 5 nitrogen and oxygen atoms in total. The van der Waals surface area contributed by atoms with Crippen LogP contribution in [0.3, 0.4) is 0 Å². The molecule has 1 aromatic heterocycles.